The molecule has 0 unspecified atom stereocenters. The van der Waals surface area contributed by atoms with Gasteiger partial charge in [0.1, 0.15) is 11.2 Å². The summed E-state index contributed by atoms with van der Waals surface area (Å²) in [6.45, 7) is 11.5. The second-order valence-corrected chi connectivity index (χ2v) is 8.83. The molecule has 0 saturated heterocycles. The summed E-state index contributed by atoms with van der Waals surface area (Å²) >= 11 is 0. The topological polar surface area (TPSA) is 76.7 Å². The molecular formula is C25H34N2O4. The van der Waals surface area contributed by atoms with Gasteiger partial charge in [0.2, 0.25) is 0 Å². The molecule has 2 aromatic carbocycles. The van der Waals surface area contributed by atoms with E-state index in [4.69, 9.17) is 9.47 Å². The number of amides is 2. The normalized spacial score (nSPS) is 11.5. The summed E-state index contributed by atoms with van der Waals surface area (Å²) in [5, 5.41) is 5.51. The van der Waals surface area contributed by atoms with Gasteiger partial charge in [-0.05, 0) is 82.3 Å². The molecule has 2 amide bonds. The summed E-state index contributed by atoms with van der Waals surface area (Å²) < 4.78 is 10.8. The van der Waals surface area contributed by atoms with E-state index >= 15 is 0 Å². The third kappa shape index (κ3) is 8.32. The molecule has 0 fully saturated rings. The first kappa shape index (κ1) is 24.3. The lowest BCUT2D eigenvalue weighted by Gasteiger charge is -2.23. The van der Waals surface area contributed by atoms with Crippen molar-refractivity contribution in [3.05, 3.63) is 59.7 Å². The van der Waals surface area contributed by atoms with Crippen LogP contribution in [-0.2, 0) is 15.9 Å². The number of anilines is 2. The number of carbonyl (C=O) groups excluding carboxylic acids is 2. The van der Waals surface area contributed by atoms with Gasteiger partial charge >= 0.3 is 12.2 Å². The van der Waals surface area contributed by atoms with Crippen molar-refractivity contribution in [3.63, 3.8) is 0 Å². The van der Waals surface area contributed by atoms with Crippen molar-refractivity contribution in [2.45, 2.75) is 72.0 Å². The van der Waals surface area contributed by atoms with E-state index < -0.39 is 23.4 Å². The van der Waals surface area contributed by atoms with Gasteiger partial charge in [0.15, 0.2) is 0 Å². The van der Waals surface area contributed by atoms with E-state index in [-0.39, 0.29) is 0 Å². The summed E-state index contributed by atoms with van der Waals surface area (Å²) in [5.74, 6) is 0. The van der Waals surface area contributed by atoms with E-state index in [1.807, 2.05) is 90.1 Å². The molecular weight excluding hydrogens is 392 g/mol. The first-order valence-electron chi connectivity index (χ1n) is 10.7. The summed E-state index contributed by atoms with van der Waals surface area (Å²) in [5.41, 5.74) is 2.61. The van der Waals surface area contributed by atoms with Crippen LogP contribution in [0.1, 0.15) is 65.5 Å². The van der Waals surface area contributed by atoms with Crippen molar-refractivity contribution in [1.82, 2.24) is 0 Å². The van der Waals surface area contributed by atoms with Crippen LogP contribution in [0.2, 0.25) is 0 Å². The lowest BCUT2D eigenvalue weighted by molar-refractivity contribution is 0.0452. The number of ether oxygens (including phenoxy) is 2. The molecule has 0 aliphatic heterocycles. The molecule has 0 atom stereocenters. The molecule has 0 spiro atoms. The van der Waals surface area contributed by atoms with Crippen LogP contribution in [0, 0.1) is 0 Å². The maximum atomic E-state index is 12.0. The van der Waals surface area contributed by atoms with Gasteiger partial charge in [0, 0.05) is 11.4 Å². The summed E-state index contributed by atoms with van der Waals surface area (Å²) in [6.07, 6.45) is 1.31. The van der Waals surface area contributed by atoms with Gasteiger partial charge in [0.05, 0.1) is 0 Å². The highest BCUT2D eigenvalue weighted by Gasteiger charge is 2.21. The van der Waals surface area contributed by atoms with Crippen molar-refractivity contribution in [2.24, 2.45) is 0 Å². The highest BCUT2D eigenvalue weighted by atomic mass is 16.6. The van der Waals surface area contributed by atoms with E-state index in [0.717, 1.165) is 30.4 Å². The maximum absolute atomic E-state index is 12.0. The Kier molecular flexibility index (Phi) is 8.08. The quantitative estimate of drug-likeness (QED) is 0.489. The van der Waals surface area contributed by atoms with Crippen molar-refractivity contribution >= 4 is 23.6 Å². The van der Waals surface area contributed by atoms with Crippen LogP contribution in [0.3, 0.4) is 0 Å². The minimum Gasteiger partial charge on any atom is -0.443 e. The number of carbonyl (C=O) groups is 2. The molecule has 2 rings (SSSR count). The third-order valence-electron chi connectivity index (χ3n) is 5.25. The number of hydrogen-bond donors (Lipinski definition) is 2. The third-order valence-corrected chi connectivity index (χ3v) is 5.25. The monoisotopic (exact) mass is 426 g/mol. The van der Waals surface area contributed by atoms with Gasteiger partial charge in [-0.15, -0.1) is 0 Å². The minimum absolute atomic E-state index is 0.455. The Bertz CT molecular complexity index is 798. The van der Waals surface area contributed by atoms with Crippen LogP contribution < -0.4 is 10.6 Å². The Morgan fingerprint density at radius 2 is 1.00 bits per heavy atom. The molecule has 0 bridgehead atoms. The van der Waals surface area contributed by atoms with Crippen LogP contribution in [0.25, 0.3) is 0 Å². The molecule has 0 heterocycles. The Balaban J connectivity index is 1.89. The van der Waals surface area contributed by atoms with E-state index in [1.165, 1.54) is 0 Å². The fourth-order valence-corrected chi connectivity index (χ4v) is 2.58. The smallest absolute Gasteiger partial charge is 0.412 e. The zero-order valence-electron chi connectivity index (χ0n) is 19.4. The number of hydrogen-bond acceptors (Lipinski definition) is 4. The number of nitrogens with one attached hydrogen (secondary N) is 2. The minimum atomic E-state index is -0.492. The molecule has 168 valence electrons. The molecule has 31 heavy (non-hydrogen) atoms. The SMILES string of the molecule is CCC(C)(C)OC(=O)Nc1ccc(Cc2ccc(NC(=O)OC(C)(C)CC)cc2)cc1. The van der Waals surface area contributed by atoms with Gasteiger partial charge < -0.3 is 9.47 Å². The van der Waals surface area contributed by atoms with Gasteiger partial charge in [-0.25, -0.2) is 9.59 Å². The predicted molar refractivity (Wildman–Crippen MR) is 125 cm³/mol. The second-order valence-electron chi connectivity index (χ2n) is 8.83. The Hall–Kier alpha value is -3.02. The molecule has 6 heteroatoms. The number of benzene rings is 2. The van der Waals surface area contributed by atoms with E-state index in [2.05, 4.69) is 10.6 Å². The van der Waals surface area contributed by atoms with Gasteiger partial charge in [-0.2, -0.15) is 0 Å². The summed E-state index contributed by atoms with van der Waals surface area (Å²) in [4.78, 5) is 24.0. The van der Waals surface area contributed by atoms with Crippen LogP contribution in [-0.4, -0.2) is 23.4 Å². The standard InChI is InChI=1S/C25H34N2O4/c1-7-24(3,4)30-22(28)26-20-13-9-18(10-14-20)17-19-11-15-21(16-12-19)27-23(29)31-25(5,6)8-2/h9-16H,7-8,17H2,1-6H3,(H,26,28)(H,27,29). The van der Waals surface area contributed by atoms with Crippen molar-refractivity contribution in [1.29, 1.82) is 0 Å². The Labute approximate surface area is 185 Å². The van der Waals surface area contributed by atoms with Crippen molar-refractivity contribution in [3.8, 4) is 0 Å². The first-order valence-corrected chi connectivity index (χ1v) is 10.7. The molecule has 0 aliphatic rings. The first-order chi connectivity index (χ1) is 14.5. The van der Waals surface area contributed by atoms with Crippen LogP contribution in [0.15, 0.2) is 48.5 Å². The van der Waals surface area contributed by atoms with Gasteiger partial charge in [-0.1, -0.05) is 38.1 Å². The van der Waals surface area contributed by atoms with Crippen LogP contribution in [0.5, 0.6) is 0 Å². The van der Waals surface area contributed by atoms with Gasteiger partial charge in [0.25, 0.3) is 0 Å². The molecule has 0 aliphatic carbocycles. The average Bonchev–Trinajstić information content (AvgIpc) is 2.70. The maximum Gasteiger partial charge on any atom is 0.412 e. The Morgan fingerprint density at radius 3 is 1.29 bits per heavy atom. The fourth-order valence-electron chi connectivity index (χ4n) is 2.58. The highest BCUT2D eigenvalue weighted by molar-refractivity contribution is 5.85. The molecule has 0 aromatic heterocycles. The predicted octanol–water partition coefficient (Wildman–Crippen LogP) is 6.75. The van der Waals surface area contributed by atoms with Crippen LogP contribution in [0.4, 0.5) is 21.0 Å². The van der Waals surface area contributed by atoms with E-state index in [9.17, 15) is 9.59 Å². The molecule has 2 aromatic rings. The lowest BCUT2D eigenvalue weighted by atomic mass is 10.0. The van der Waals surface area contributed by atoms with E-state index in [1.54, 1.807) is 0 Å². The highest BCUT2D eigenvalue weighted by Crippen LogP contribution is 2.19. The zero-order chi connectivity index (χ0) is 23.1. The average molecular weight is 427 g/mol. The Morgan fingerprint density at radius 1 is 0.677 bits per heavy atom. The fraction of sp³-hybridized carbons (Fsp3) is 0.440. The second kappa shape index (κ2) is 10.3. The van der Waals surface area contributed by atoms with Crippen molar-refractivity contribution in [2.75, 3.05) is 10.6 Å². The van der Waals surface area contributed by atoms with E-state index in [0.29, 0.717) is 11.4 Å². The summed E-state index contributed by atoms with van der Waals surface area (Å²) in [6, 6.07) is 15.3. The van der Waals surface area contributed by atoms with Crippen molar-refractivity contribution < 1.29 is 19.1 Å². The molecule has 2 N–H and O–H groups in total. The number of rotatable bonds is 8. The lowest BCUT2D eigenvalue weighted by Crippen LogP contribution is -2.29. The largest absolute Gasteiger partial charge is 0.443 e. The van der Waals surface area contributed by atoms with Gasteiger partial charge in [-0.3, -0.25) is 10.6 Å². The molecule has 0 radical (unpaired) electrons. The van der Waals surface area contributed by atoms with Crippen LogP contribution >= 0.6 is 0 Å². The molecule has 6 nitrogen and oxygen atoms in total. The zero-order valence-corrected chi connectivity index (χ0v) is 19.4. The molecule has 0 saturated carbocycles. The summed E-state index contributed by atoms with van der Waals surface area (Å²) in [7, 11) is 0.